The van der Waals surface area contributed by atoms with Crippen LogP contribution in [0.5, 0.6) is 11.5 Å². The molecule has 1 fully saturated rings. The standard InChI is InChI=1S/C20H25NO5S2/c1-13(2)8-10-26-15-7-6-14(11-16(15)25-3)12-17-19(24)21(20(27)28-17)9-4-5-18(22)23/h6-7,11-13H,4-5,8-10H2,1-3H3,(H,22,23). The van der Waals surface area contributed by atoms with E-state index < -0.39 is 5.97 Å². The molecule has 0 aliphatic carbocycles. The number of benzene rings is 1. The van der Waals surface area contributed by atoms with E-state index in [1.165, 1.54) is 16.7 Å². The molecular formula is C20H25NO5S2. The largest absolute Gasteiger partial charge is 0.493 e. The van der Waals surface area contributed by atoms with Crippen LogP contribution in [0.1, 0.15) is 38.7 Å². The fraction of sp³-hybridized carbons (Fsp3) is 0.450. The number of carboxylic acids is 1. The Kier molecular flexibility index (Phi) is 8.32. The van der Waals surface area contributed by atoms with Crippen LogP contribution in [0.15, 0.2) is 23.1 Å². The minimum absolute atomic E-state index is 0.00553. The number of thiocarbonyl (C=S) groups is 1. The summed E-state index contributed by atoms with van der Waals surface area (Å²) in [5, 5.41) is 8.74. The van der Waals surface area contributed by atoms with Gasteiger partial charge in [0.05, 0.1) is 18.6 Å². The topological polar surface area (TPSA) is 76.1 Å². The van der Waals surface area contributed by atoms with E-state index in [-0.39, 0.29) is 12.3 Å². The molecule has 0 radical (unpaired) electrons. The van der Waals surface area contributed by atoms with Crippen molar-refractivity contribution in [1.82, 2.24) is 4.90 Å². The SMILES string of the molecule is COc1cc(C=C2SC(=S)N(CCCC(=O)O)C2=O)ccc1OCCC(C)C. The third-order valence-electron chi connectivity index (χ3n) is 4.08. The quantitative estimate of drug-likeness (QED) is 0.447. The monoisotopic (exact) mass is 423 g/mol. The van der Waals surface area contributed by atoms with Crippen molar-refractivity contribution in [3.8, 4) is 11.5 Å². The van der Waals surface area contributed by atoms with Gasteiger partial charge in [0.15, 0.2) is 11.5 Å². The number of hydrogen-bond donors (Lipinski definition) is 1. The summed E-state index contributed by atoms with van der Waals surface area (Å²) < 4.78 is 11.6. The fourth-order valence-corrected chi connectivity index (χ4v) is 3.84. The van der Waals surface area contributed by atoms with Gasteiger partial charge in [-0.1, -0.05) is 43.9 Å². The van der Waals surface area contributed by atoms with Crippen LogP contribution < -0.4 is 9.47 Å². The molecule has 0 unspecified atom stereocenters. The number of carboxylic acid groups (broad SMARTS) is 1. The first-order valence-corrected chi connectivity index (χ1v) is 10.3. The molecule has 1 N–H and O–H groups in total. The van der Waals surface area contributed by atoms with Crippen molar-refractivity contribution >= 4 is 46.3 Å². The molecule has 0 saturated carbocycles. The number of methoxy groups -OCH3 is 1. The van der Waals surface area contributed by atoms with Gasteiger partial charge >= 0.3 is 5.97 Å². The molecule has 1 aliphatic rings. The molecule has 1 heterocycles. The van der Waals surface area contributed by atoms with Crippen molar-refractivity contribution < 1.29 is 24.2 Å². The summed E-state index contributed by atoms with van der Waals surface area (Å²) >= 11 is 6.48. The first kappa shape index (κ1) is 22.2. The number of rotatable bonds is 10. The third kappa shape index (κ3) is 6.24. The van der Waals surface area contributed by atoms with Crippen molar-refractivity contribution in [3.63, 3.8) is 0 Å². The summed E-state index contributed by atoms with van der Waals surface area (Å²) in [4.78, 5) is 25.2. The molecule has 1 aromatic carbocycles. The van der Waals surface area contributed by atoms with Gasteiger partial charge < -0.3 is 14.6 Å². The molecule has 0 aromatic heterocycles. The molecule has 28 heavy (non-hydrogen) atoms. The van der Waals surface area contributed by atoms with E-state index in [1.807, 2.05) is 18.2 Å². The zero-order valence-electron chi connectivity index (χ0n) is 16.3. The third-order valence-corrected chi connectivity index (χ3v) is 5.46. The zero-order chi connectivity index (χ0) is 20.7. The number of ether oxygens (including phenoxy) is 2. The van der Waals surface area contributed by atoms with Crippen LogP contribution in [0.3, 0.4) is 0 Å². The second-order valence-electron chi connectivity index (χ2n) is 6.77. The maximum atomic E-state index is 12.6. The van der Waals surface area contributed by atoms with E-state index in [1.54, 1.807) is 13.2 Å². The van der Waals surface area contributed by atoms with Gasteiger partial charge in [-0.15, -0.1) is 0 Å². The lowest BCUT2D eigenvalue weighted by Gasteiger charge is -2.13. The van der Waals surface area contributed by atoms with E-state index >= 15 is 0 Å². The molecule has 152 valence electrons. The number of nitrogens with zero attached hydrogens (tertiary/aromatic N) is 1. The van der Waals surface area contributed by atoms with Crippen LogP contribution >= 0.6 is 24.0 Å². The molecular weight excluding hydrogens is 398 g/mol. The molecule has 0 bridgehead atoms. The molecule has 8 heteroatoms. The Balaban J connectivity index is 2.08. The van der Waals surface area contributed by atoms with Gasteiger partial charge in [0, 0.05) is 13.0 Å². The molecule has 0 atom stereocenters. The Morgan fingerprint density at radius 3 is 2.75 bits per heavy atom. The smallest absolute Gasteiger partial charge is 0.303 e. The summed E-state index contributed by atoms with van der Waals surface area (Å²) in [6.45, 7) is 5.20. The number of carbonyl (C=O) groups excluding carboxylic acids is 1. The van der Waals surface area contributed by atoms with Crippen LogP contribution in [-0.2, 0) is 9.59 Å². The average molecular weight is 424 g/mol. The van der Waals surface area contributed by atoms with E-state index in [2.05, 4.69) is 13.8 Å². The first-order valence-electron chi connectivity index (χ1n) is 9.09. The summed E-state index contributed by atoms with van der Waals surface area (Å²) in [5.74, 6) is 0.749. The van der Waals surface area contributed by atoms with Crippen molar-refractivity contribution in [3.05, 3.63) is 28.7 Å². The highest BCUT2D eigenvalue weighted by molar-refractivity contribution is 8.26. The van der Waals surface area contributed by atoms with Crippen LogP contribution in [0, 0.1) is 5.92 Å². The lowest BCUT2D eigenvalue weighted by atomic mass is 10.1. The van der Waals surface area contributed by atoms with Crippen molar-refractivity contribution in [2.75, 3.05) is 20.3 Å². The van der Waals surface area contributed by atoms with E-state index in [9.17, 15) is 9.59 Å². The minimum atomic E-state index is -0.885. The Morgan fingerprint density at radius 1 is 1.36 bits per heavy atom. The number of carbonyl (C=O) groups is 2. The second kappa shape index (κ2) is 10.5. The molecule has 1 amide bonds. The zero-order valence-corrected chi connectivity index (χ0v) is 17.9. The average Bonchev–Trinajstić information content (AvgIpc) is 2.89. The summed E-state index contributed by atoms with van der Waals surface area (Å²) in [6.07, 6.45) is 3.09. The number of aliphatic carboxylic acids is 1. The maximum absolute atomic E-state index is 12.6. The normalized spacial score (nSPS) is 15.6. The second-order valence-corrected chi connectivity index (χ2v) is 8.45. The van der Waals surface area contributed by atoms with Gasteiger partial charge in [-0.05, 0) is 42.5 Å². The summed E-state index contributed by atoms with van der Waals surface area (Å²) in [5.41, 5.74) is 0.805. The van der Waals surface area contributed by atoms with Crippen LogP contribution in [0.4, 0.5) is 0 Å². The lowest BCUT2D eigenvalue weighted by Crippen LogP contribution is -2.29. The van der Waals surface area contributed by atoms with Gasteiger partial charge in [0.1, 0.15) is 4.32 Å². The van der Waals surface area contributed by atoms with Crippen molar-refractivity contribution in [2.45, 2.75) is 33.1 Å². The Bertz CT molecular complexity index is 776. The predicted molar refractivity (Wildman–Crippen MR) is 115 cm³/mol. The maximum Gasteiger partial charge on any atom is 0.303 e. The van der Waals surface area contributed by atoms with E-state index in [0.717, 1.165) is 12.0 Å². The Hall–Kier alpha value is -2.06. The molecule has 2 rings (SSSR count). The van der Waals surface area contributed by atoms with Gasteiger partial charge in [-0.25, -0.2) is 0 Å². The number of thioether (sulfide) groups is 1. The van der Waals surface area contributed by atoms with Gasteiger partial charge in [-0.2, -0.15) is 0 Å². The number of hydrogen-bond acceptors (Lipinski definition) is 6. The minimum Gasteiger partial charge on any atom is -0.493 e. The Labute approximate surface area is 174 Å². The Morgan fingerprint density at radius 2 is 2.11 bits per heavy atom. The van der Waals surface area contributed by atoms with Gasteiger partial charge in [0.25, 0.3) is 5.91 Å². The lowest BCUT2D eigenvalue weighted by molar-refractivity contribution is -0.137. The highest BCUT2D eigenvalue weighted by Crippen LogP contribution is 2.35. The van der Waals surface area contributed by atoms with Crippen molar-refractivity contribution in [2.24, 2.45) is 5.92 Å². The van der Waals surface area contributed by atoms with E-state index in [4.69, 9.17) is 26.8 Å². The van der Waals surface area contributed by atoms with E-state index in [0.29, 0.717) is 46.2 Å². The molecule has 0 spiro atoms. The first-order chi connectivity index (χ1) is 13.3. The summed E-state index contributed by atoms with van der Waals surface area (Å²) in [7, 11) is 1.58. The van der Waals surface area contributed by atoms with Gasteiger partial charge in [0.2, 0.25) is 0 Å². The van der Waals surface area contributed by atoms with Crippen LogP contribution in [0.2, 0.25) is 0 Å². The highest BCUT2D eigenvalue weighted by Gasteiger charge is 2.31. The predicted octanol–water partition coefficient (Wildman–Crippen LogP) is 4.19. The van der Waals surface area contributed by atoms with Crippen LogP contribution in [0.25, 0.3) is 6.08 Å². The molecule has 1 saturated heterocycles. The number of amides is 1. The van der Waals surface area contributed by atoms with Gasteiger partial charge in [-0.3, -0.25) is 14.5 Å². The highest BCUT2D eigenvalue weighted by atomic mass is 32.2. The van der Waals surface area contributed by atoms with Crippen LogP contribution in [-0.4, -0.2) is 46.5 Å². The molecule has 6 nitrogen and oxygen atoms in total. The fourth-order valence-electron chi connectivity index (χ4n) is 2.53. The molecule has 1 aliphatic heterocycles. The summed E-state index contributed by atoms with van der Waals surface area (Å²) in [6, 6.07) is 5.52. The molecule has 1 aromatic rings. The van der Waals surface area contributed by atoms with Crippen molar-refractivity contribution in [1.29, 1.82) is 0 Å².